The first kappa shape index (κ1) is 23.0. The molecule has 3 amide bonds. The third-order valence-electron chi connectivity index (χ3n) is 4.56. The van der Waals surface area contributed by atoms with Gasteiger partial charge in [0.15, 0.2) is 0 Å². The molecule has 3 aromatic rings. The summed E-state index contributed by atoms with van der Waals surface area (Å²) in [6.07, 6.45) is 1.80. The van der Waals surface area contributed by atoms with Crippen LogP contribution in [-0.2, 0) is 11.4 Å². The second-order valence-electron chi connectivity index (χ2n) is 7.01. The predicted molar refractivity (Wildman–Crippen MR) is 127 cm³/mol. The van der Waals surface area contributed by atoms with E-state index in [0.717, 1.165) is 29.7 Å². The first-order chi connectivity index (χ1) is 15.6. The highest BCUT2D eigenvalue weighted by atomic mass is 35.5. The second-order valence-corrected chi connectivity index (χ2v) is 7.42. The molecule has 6 nitrogen and oxygen atoms in total. The number of imide groups is 1. The molecule has 0 spiro atoms. The Morgan fingerprint density at radius 2 is 1.62 bits per heavy atom. The molecule has 0 atom stereocenters. The molecule has 0 aliphatic heterocycles. The molecule has 3 rings (SSSR count). The number of hydrogen-bond acceptors (Lipinski definition) is 4. The largest absolute Gasteiger partial charge is 0.391 e. The Bertz CT molecular complexity index is 1080. The molecule has 0 heterocycles. The van der Waals surface area contributed by atoms with Gasteiger partial charge in [-0.05, 0) is 41.8 Å². The van der Waals surface area contributed by atoms with Crippen molar-refractivity contribution < 1.29 is 14.4 Å². The number of benzene rings is 3. The fourth-order valence-corrected chi connectivity index (χ4v) is 3.18. The number of carbonyl (C=O) groups excluding carboxylic acids is 2. The lowest BCUT2D eigenvalue weighted by atomic mass is 10.1. The van der Waals surface area contributed by atoms with E-state index < -0.39 is 11.9 Å². The normalized spacial score (nSPS) is 11.0. The number of nitrogens with one attached hydrogen (secondary N) is 2. The van der Waals surface area contributed by atoms with Crippen molar-refractivity contribution in [3.8, 4) is 0 Å². The van der Waals surface area contributed by atoms with E-state index in [1.165, 1.54) is 0 Å². The van der Waals surface area contributed by atoms with Crippen LogP contribution in [0, 0.1) is 0 Å². The first-order valence-corrected chi connectivity index (χ1v) is 10.6. The average Bonchev–Trinajstić information content (AvgIpc) is 2.80. The van der Waals surface area contributed by atoms with Gasteiger partial charge in [0.2, 0.25) is 0 Å². The summed E-state index contributed by atoms with van der Waals surface area (Å²) >= 11 is 5.98. The summed E-state index contributed by atoms with van der Waals surface area (Å²) in [4.78, 5) is 29.8. The summed E-state index contributed by atoms with van der Waals surface area (Å²) in [5.41, 5.74) is 3.63. The van der Waals surface area contributed by atoms with E-state index in [9.17, 15) is 9.59 Å². The van der Waals surface area contributed by atoms with Gasteiger partial charge in [-0.2, -0.15) is 0 Å². The first-order valence-electron chi connectivity index (χ1n) is 10.3. The van der Waals surface area contributed by atoms with Crippen molar-refractivity contribution in [3.63, 3.8) is 0 Å². The smallest absolute Gasteiger partial charge is 0.326 e. The summed E-state index contributed by atoms with van der Waals surface area (Å²) in [5, 5.41) is 9.46. The molecule has 3 aromatic carbocycles. The number of halogens is 1. The van der Waals surface area contributed by atoms with E-state index in [1.54, 1.807) is 36.4 Å². The van der Waals surface area contributed by atoms with Gasteiger partial charge < -0.3 is 10.2 Å². The van der Waals surface area contributed by atoms with E-state index >= 15 is 0 Å². The van der Waals surface area contributed by atoms with E-state index in [0.29, 0.717) is 12.3 Å². The zero-order chi connectivity index (χ0) is 22.8. The van der Waals surface area contributed by atoms with Gasteiger partial charge in [0.1, 0.15) is 6.61 Å². The molecular formula is C25H24ClN3O3. The molecule has 2 N–H and O–H groups in total. The number of rotatable bonds is 8. The van der Waals surface area contributed by atoms with Gasteiger partial charge in [-0.1, -0.05) is 84.7 Å². The molecule has 0 radical (unpaired) electrons. The fourth-order valence-electron chi connectivity index (χ4n) is 2.96. The Labute approximate surface area is 192 Å². The van der Waals surface area contributed by atoms with E-state index in [-0.39, 0.29) is 10.6 Å². The fraction of sp³-hybridized carbons (Fsp3) is 0.160. The highest BCUT2D eigenvalue weighted by Gasteiger charge is 2.13. The zero-order valence-corrected chi connectivity index (χ0v) is 18.4. The standard InChI is InChI=1S/C25H24ClN3O3/c1-2-8-23(19-9-4-3-5-10-19)29-32-17-18-13-15-20(16-14-18)27-25(31)28-24(30)21-11-6-7-12-22(21)26/h3-7,9-16H,2,8,17H2,1H3,(H2,27,28,30,31). The minimum Gasteiger partial charge on any atom is -0.391 e. The van der Waals surface area contributed by atoms with Crippen molar-refractivity contribution in [2.75, 3.05) is 5.32 Å². The molecule has 32 heavy (non-hydrogen) atoms. The topological polar surface area (TPSA) is 79.8 Å². The van der Waals surface area contributed by atoms with Crippen molar-refractivity contribution in [1.29, 1.82) is 0 Å². The van der Waals surface area contributed by atoms with Crippen LogP contribution in [0.2, 0.25) is 5.02 Å². The number of oxime groups is 1. The van der Waals surface area contributed by atoms with Crippen molar-refractivity contribution in [2.24, 2.45) is 5.16 Å². The van der Waals surface area contributed by atoms with Gasteiger partial charge in [-0.3, -0.25) is 10.1 Å². The number of nitrogens with zero attached hydrogens (tertiary/aromatic N) is 1. The van der Waals surface area contributed by atoms with Crippen LogP contribution in [0.25, 0.3) is 0 Å². The minimum atomic E-state index is -0.643. The van der Waals surface area contributed by atoms with Gasteiger partial charge in [0, 0.05) is 5.69 Å². The predicted octanol–water partition coefficient (Wildman–Crippen LogP) is 6.02. The van der Waals surface area contributed by atoms with Crippen LogP contribution < -0.4 is 10.6 Å². The Kier molecular flexibility index (Phi) is 8.40. The number of amides is 3. The maximum atomic E-state index is 12.2. The van der Waals surface area contributed by atoms with Crippen molar-refractivity contribution in [3.05, 3.63) is 101 Å². The van der Waals surface area contributed by atoms with Crippen molar-refractivity contribution in [1.82, 2.24) is 5.32 Å². The average molecular weight is 450 g/mol. The molecular weight excluding hydrogens is 426 g/mol. The van der Waals surface area contributed by atoms with E-state index in [1.807, 2.05) is 42.5 Å². The summed E-state index contributed by atoms with van der Waals surface area (Å²) in [7, 11) is 0. The lowest BCUT2D eigenvalue weighted by Crippen LogP contribution is -2.34. The van der Waals surface area contributed by atoms with Crippen LogP contribution >= 0.6 is 11.6 Å². The van der Waals surface area contributed by atoms with Gasteiger partial charge in [0.05, 0.1) is 16.3 Å². The van der Waals surface area contributed by atoms with Crippen LogP contribution in [-0.4, -0.2) is 17.6 Å². The summed E-state index contributed by atoms with van der Waals surface area (Å²) < 4.78 is 0. The third-order valence-corrected chi connectivity index (χ3v) is 4.89. The van der Waals surface area contributed by atoms with Gasteiger partial charge >= 0.3 is 6.03 Å². The van der Waals surface area contributed by atoms with Crippen molar-refractivity contribution >= 4 is 34.9 Å². The lowest BCUT2D eigenvalue weighted by molar-refractivity contribution is 0.0967. The second kappa shape index (κ2) is 11.7. The lowest BCUT2D eigenvalue weighted by Gasteiger charge is -2.09. The van der Waals surface area contributed by atoms with Crippen LogP contribution in [0.4, 0.5) is 10.5 Å². The Hall–Kier alpha value is -3.64. The molecule has 0 aliphatic carbocycles. The molecule has 7 heteroatoms. The van der Waals surface area contributed by atoms with E-state index in [4.69, 9.17) is 16.4 Å². The van der Waals surface area contributed by atoms with Crippen LogP contribution in [0.5, 0.6) is 0 Å². The highest BCUT2D eigenvalue weighted by Crippen LogP contribution is 2.15. The van der Waals surface area contributed by atoms with Gasteiger partial charge in [-0.25, -0.2) is 4.79 Å². The molecule has 0 unspecified atom stereocenters. The molecule has 0 fully saturated rings. The van der Waals surface area contributed by atoms with Crippen LogP contribution in [0.1, 0.15) is 41.3 Å². The van der Waals surface area contributed by atoms with Gasteiger partial charge in [0.25, 0.3) is 5.91 Å². The SMILES string of the molecule is CCCC(=NOCc1ccc(NC(=O)NC(=O)c2ccccc2Cl)cc1)c1ccccc1. The molecule has 0 aromatic heterocycles. The number of anilines is 1. The highest BCUT2D eigenvalue weighted by molar-refractivity contribution is 6.34. The number of carbonyl (C=O) groups is 2. The summed E-state index contributed by atoms with van der Waals surface area (Å²) in [5.74, 6) is -0.572. The molecule has 0 bridgehead atoms. The Morgan fingerprint density at radius 3 is 2.31 bits per heavy atom. The van der Waals surface area contributed by atoms with Crippen molar-refractivity contribution in [2.45, 2.75) is 26.4 Å². The summed E-state index contributed by atoms with van der Waals surface area (Å²) in [6, 6.07) is 22.9. The quantitative estimate of drug-likeness (QED) is 0.326. The molecule has 0 aliphatic rings. The maximum Gasteiger partial charge on any atom is 0.326 e. The molecule has 164 valence electrons. The Balaban J connectivity index is 1.53. The molecule has 0 saturated heterocycles. The minimum absolute atomic E-state index is 0.232. The van der Waals surface area contributed by atoms with E-state index in [2.05, 4.69) is 22.7 Å². The Morgan fingerprint density at radius 1 is 0.938 bits per heavy atom. The molecule has 0 saturated carbocycles. The number of urea groups is 1. The zero-order valence-electron chi connectivity index (χ0n) is 17.7. The monoisotopic (exact) mass is 449 g/mol. The third kappa shape index (κ3) is 6.68. The summed E-state index contributed by atoms with van der Waals surface area (Å²) in [6.45, 7) is 2.40. The van der Waals surface area contributed by atoms with Gasteiger partial charge in [-0.15, -0.1) is 0 Å². The number of hydrogen-bond donors (Lipinski definition) is 2. The van der Waals surface area contributed by atoms with Crippen LogP contribution in [0.15, 0.2) is 84.0 Å². The maximum absolute atomic E-state index is 12.2. The van der Waals surface area contributed by atoms with Crippen LogP contribution in [0.3, 0.4) is 0 Å².